The maximum absolute atomic E-state index is 12.0. The zero-order chi connectivity index (χ0) is 11.5. The average molecular weight is 218 g/mol. The summed E-state index contributed by atoms with van der Waals surface area (Å²) in [7, 11) is 0. The molecule has 0 spiro atoms. The van der Waals surface area contributed by atoms with Gasteiger partial charge in [-0.25, -0.2) is 0 Å². The largest absolute Gasteiger partial charge is 0.348 e. The molecule has 1 heterocycles. The van der Waals surface area contributed by atoms with Gasteiger partial charge in [0.25, 0.3) is 5.91 Å². The van der Waals surface area contributed by atoms with Crippen LogP contribution in [0, 0.1) is 13.8 Å². The quantitative estimate of drug-likeness (QED) is 0.787. The lowest BCUT2D eigenvalue weighted by atomic mass is 10.0. The highest BCUT2D eigenvalue weighted by molar-refractivity contribution is 5.96. The third-order valence-corrected chi connectivity index (χ3v) is 3.03. The molecule has 86 valence electrons. The van der Waals surface area contributed by atoms with Crippen molar-refractivity contribution in [2.24, 2.45) is 0 Å². The van der Waals surface area contributed by atoms with E-state index in [1.54, 1.807) is 0 Å². The standard InChI is InChI=1S/C13H18N2O/c1-9-3-4-10(2)12(7-9)13(16)15-11-5-6-14-8-11/h3-4,7,11,14H,5-6,8H2,1-2H3,(H,15,16). The van der Waals surface area contributed by atoms with E-state index < -0.39 is 0 Å². The van der Waals surface area contributed by atoms with Gasteiger partial charge in [-0.2, -0.15) is 0 Å². The van der Waals surface area contributed by atoms with Gasteiger partial charge in [-0.15, -0.1) is 0 Å². The second-order valence-corrected chi connectivity index (χ2v) is 4.48. The Balaban J connectivity index is 2.10. The summed E-state index contributed by atoms with van der Waals surface area (Å²) in [6.45, 7) is 5.86. The molecule has 1 atom stereocenters. The van der Waals surface area contributed by atoms with E-state index in [-0.39, 0.29) is 11.9 Å². The smallest absolute Gasteiger partial charge is 0.251 e. The van der Waals surface area contributed by atoms with Gasteiger partial charge in [0, 0.05) is 18.2 Å². The lowest BCUT2D eigenvalue weighted by Crippen LogP contribution is -2.36. The molecule has 1 aliphatic heterocycles. The highest BCUT2D eigenvalue weighted by Gasteiger charge is 2.18. The molecule has 0 saturated carbocycles. The molecular formula is C13H18N2O. The minimum Gasteiger partial charge on any atom is -0.348 e. The molecular weight excluding hydrogens is 200 g/mol. The first-order valence-corrected chi connectivity index (χ1v) is 5.75. The highest BCUT2D eigenvalue weighted by atomic mass is 16.1. The van der Waals surface area contributed by atoms with Gasteiger partial charge < -0.3 is 10.6 Å². The van der Waals surface area contributed by atoms with Crippen molar-refractivity contribution < 1.29 is 4.79 Å². The summed E-state index contributed by atoms with van der Waals surface area (Å²) in [5.74, 6) is 0.0508. The van der Waals surface area contributed by atoms with Gasteiger partial charge in [0.1, 0.15) is 0 Å². The van der Waals surface area contributed by atoms with Crippen LogP contribution in [0.25, 0.3) is 0 Å². The van der Waals surface area contributed by atoms with E-state index in [2.05, 4.69) is 10.6 Å². The number of nitrogens with one attached hydrogen (secondary N) is 2. The summed E-state index contributed by atoms with van der Waals surface area (Å²) in [5.41, 5.74) is 2.96. The number of amides is 1. The molecule has 16 heavy (non-hydrogen) atoms. The molecule has 1 aromatic rings. The van der Waals surface area contributed by atoms with Crippen molar-refractivity contribution in [2.45, 2.75) is 26.3 Å². The summed E-state index contributed by atoms with van der Waals surface area (Å²) >= 11 is 0. The van der Waals surface area contributed by atoms with Crippen LogP contribution < -0.4 is 10.6 Å². The van der Waals surface area contributed by atoms with Crippen LogP contribution in [0.4, 0.5) is 0 Å². The SMILES string of the molecule is Cc1ccc(C)c(C(=O)NC2CCNC2)c1. The number of carbonyl (C=O) groups is 1. The maximum Gasteiger partial charge on any atom is 0.251 e. The van der Waals surface area contributed by atoms with Crippen molar-refractivity contribution in [3.8, 4) is 0 Å². The number of rotatable bonds is 2. The molecule has 1 amide bonds. The molecule has 0 bridgehead atoms. The number of carbonyl (C=O) groups excluding carboxylic acids is 1. The van der Waals surface area contributed by atoms with Gasteiger partial charge >= 0.3 is 0 Å². The van der Waals surface area contributed by atoms with Crippen molar-refractivity contribution in [3.63, 3.8) is 0 Å². The van der Waals surface area contributed by atoms with Crippen LogP contribution in [-0.4, -0.2) is 25.0 Å². The highest BCUT2D eigenvalue weighted by Crippen LogP contribution is 2.11. The molecule has 1 aliphatic rings. The minimum atomic E-state index is 0.0508. The monoisotopic (exact) mass is 218 g/mol. The summed E-state index contributed by atoms with van der Waals surface area (Å²) < 4.78 is 0. The average Bonchev–Trinajstić information content (AvgIpc) is 2.74. The minimum absolute atomic E-state index is 0.0508. The second kappa shape index (κ2) is 4.66. The number of aryl methyl sites for hydroxylation is 2. The molecule has 0 aliphatic carbocycles. The Labute approximate surface area is 96.2 Å². The predicted molar refractivity (Wildman–Crippen MR) is 64.7 cm³/mol. The lowest BCUT2D eigenvalue weighted by molar-refractivity contribution is 0.0939. The van der Waals surface area contributed by atoms with E-state index in [9.17, 15) is 4.79 Å². The maximum atomic E-state index is 12.0. The van der Waals surface area contributed by atoms with Crippen molar-refractivity contribution in [3.05, 3.63) is 34.9 Å². The molecule has 2 rings (SSSR count). The molecule has 1 saturated heterocycles. The molecule has 0 aromatic heterocycles. The van der Waals surface area contributed by atoms with Crippen molar-refractivity contribution in [1.29, 1.82) is 0 Å². The van der Waals surface area contributed by atoms with Crippen molar-refractivity contribution in [2.75, 3.05) is 13.1 Å². The summed E-state index contributed by atoms with van der Waals surface area (Å²) in [4.78, 5) is 12.0. The summed E-state index contributed by atoms with van der Waals surface area (Å²) in [6.07, 6.45) is 1.02. The predicted octanol–water partition coefficient (Wildman–Crippen LogP) is 1.40. The van der Waals surface area contributed by atoms with E-state index in [1.165, 1.54) is 0 Å². The van der Waals surface area contributed by atoms with Crippen LogP contribution in [0.2, 0.25) is 0 Å². The third kappa shape index (κ3) is 2.42. The molecule has 1 fully saturated rings. The van der Waals surface area contributed by atoms with Crippen LogP contribution in [0.3, 0.4) is 0 Å². The molecule has 2 N–H and O–H groups in total. The molecule has 0 radical (unpaired) electrons. The molecule has 3 nitrogen and oxygen atoms in total. The Bertz CT molecular complexity index is 395. The zero-order valence-corrected chi connectivity index (χ0v) is 9.84. The Morgan fingerprint density at radius 1 is 1.44 bits per heavy atom. The molecule has 1 unspecified atom stereocenters. The molecule has 3 heteroatoms. The first kappa shape index (κ1) is 11.1. The summed E-state index contributed by atoms with van der Waals surface area (Å²) in [5, 5.41) is 6.30. The van der Waals surface area contributed by atoms with E-state index >= 15 is 0 Å². The lowest BCUT2D eigenvalue weighted by Gasteiger charge is -2.13. The second-order valence-electron chi connectivity index (χ2n) is 4.48. The fourth-order valence-corrected chi connectivity index (χ4v) is 2.02. The van der Waals surface area contributed by atoms with E-state index in [1.807, 2.05) is 32.0 Å². The first-order chi connectivity index (χ1) is 7.66. The van der Waals surface area contributed by atoms with Crippen LogP contribution >= 0.6 is 0 Å². The van der Waals surface area contributed by atoms with Gasteiger partial charge in [-0.05, 0) is 38.4 Å². The van der Waals surface area contributed by atoms with Gasteiger partial charge in [0.05, 0.1) is 0 Å². The van der Waals surface area contributed by atoms with Gasteiger partial charge in [-0.3, -0.25) is 4.79 Å². The third-order valence-electron chi connectivity index (χ3n) is 3.03. The number of hydrogen-bond donors (Lipinski definition) is 2. The van der Waals surface area contributed by atoms with Crippen molar-refractivity contribution in [1.82, 2.24) is 10.6 Å². The van der Waals surface area contributed by atoms with Crippen LogP contribution in [0.5, 0.6) is 0 Å². The first-order valence-electron chi connectivity index (χ1n) is 5.75. The van der Waals surface area contributed by atoms with Gasteiger partial charge in [0.15, 0.2) is 0 Å². The number of benzene rings is 1. The topological polar surface area (TPSA) is 41.1 Å². The van der Waals surface area contributed by atoms with E-state index in [0.29, 0.717) is 0 Å². The van der Waals surface area contributed by atoms with E-state index in [0.717, 1.165) is 36.2 Å². The fourth-order valence-electron chi connectivity index (χ4n) is 2.02. The normalized spacial score (nSPS) is 19.8. The van der Waals surface area contributed by atoms with Gasteiger partial charge in [0.2, 0.25) is 0 Å². The zero-order valence-electron chi connectivity index (χ0n) is 9.84. The Hall–Kier alpha value is -1.35. The van der Waals surface area contributed by atoms with Crippen LogP contribution in [0.1, 0.15) is 27.9 Å². The van der Waals surface area contributed by atoms with Crippen LogP contribution in [0.15, 0.2) is 18.2 Å². The summed E-state index contributed by atoms with van der Waals surface area (Å²) in [6, 6.07) is 6.26. The van der Waals surface area contributed by atoms with E-state index in [4.69, 9.17) is 0 Å². The number of hydrogen-bond acceptors (Lipinski definition) is 2. The molecule has 1 aromatic carbocycles. The Kier molecular flexibility index (Phi) is 3.25. The Morgan fingerprint density at radius 3 is 2.94 bits per heavy atom. The fraction of sp³-hybridized carbons (Fsp3) is 0.462. The van der Waals surface area contributed by atoms with Gasteiger partial charge in [-0.1, -0.05) is 17.7 Å². The van der Waals surface area contributed by atoms with Crippen molar-refractivity contribution >= 4 is 5.91 Å². The van der Waals surface area contributed by atoms with Crippen LogP contribution in [-0.2, 0) is 0 Å². The Morgan fingerprint density at radius 2 is 2.25 bits per heavy atom.